The van der Waals surface area contributed by atoms with Crippen LogP contribution in [0.1, 0.15) is 31.0 Å². The van der Waals surface area contributed by atoms with Gasteiger partial charge in [-0.15, -0.1) is 0 Å². The summed E-state index contributed by atoms with van der Waals surface area (Å²) < 4.78 is 10.8. The molecule has 0 atom stereocenters. The second-order valence-corrected chi connectivity index (χ2v) is 4.72. The molecule has 0 saturated heterocycles. The number of ether oxygens (including phenoxy) is 1. The largest absolute Gasteiger partial charge is 0.450 e. The van der Waals surface area contributed by atoms with Crippen molar-refractivity contribution in [3.63, 3.8) is 0 Å². The molecule has 0 amide bonds. The van der Waals surface area contributed by atoms with Crippen molar-refractivity contribution in [3.8, 4) is 6.08 Å². The highest BCUT2D eigenvalue weighted by molar-refractivity contribution is 5.14. The summed E-state index contributed by atoms with van der Waals surface area (Å²) in [5.41, 5.74) is 2.21. The zero-order valence-electron chi connectivity index (χ0n) is 12.0. The second-order valence-electron chi connectivity index (χ2n) is 4.72. The molecular formula is C16H22N2O2. The van der Waals surface area contributed by atoms with E-state index in [0.717, 1.165) is 38.0 Å². The monoisotopic (exact) mass is 274 g/mol. The van der Waals surface area contributed by atoms with Crippen molar-refractivity contribution in [2.45, 2.75) is 32.7 Å². The highest BCUT2D eigenvalue weighted by Crippen LogP contribution is 2.11. The van der Waals surface area contributed by atoms with E-state index < -0.39 is 0 Å². The van der Waals surface area contributed by atoms with Crippen LogP contribution >= 0.6 is 0 Å². The van der Waals surface area contributed by atoms with E-state index in [0.29, 0.717) is 12.7 Å². The van der Waals surface area contributed by atoms with Gasteiger partial charge in [0.1, 0.15) is 6.26 Å². The fraction of sp³-hybridized carbons (Fsp3) is 0.438. The maximum absolute atomic E-state index is 5.51. The molecule has 1 N–H and O–H groups in total. The van der Waals surface area contributed by atoms with Crippen molar-refractivity contribution in [2.75, 3.05) is 13.2 Å². The standard InChI is InChI=1S/C16H22N2O2/c1-2-10-17-12-15-13-20-16(18-15)19-11-6-9-14-7-4-3-5-8-14/h3-5,7-8,13,17H,2,6,9-12H2,1H3. The predicted octanol–water partition coefficient (Wildman–Crippen LogP) is 3.19. The van der Waals surface area contributed by atoms with Gasteiger partial charge in [-0.2, -0.15) is 4.98 Å². The van der Waals surface area contributed by atoms with Gasteiger partial charge < -0.3 is 14.5 Å². The third-order valence-electron chi connectivity index (χ3n) is 2.94. The Labute approximate surface area is 120 Å². The van der Waals surface area contributed by atoms with Crippen molar-refractivity contribution in [3.05, 3.63) is 47.9 Å². The fourth-order valence-electron chi connectivity index (χ4n) is 1.91. The van der Waals surface area contributed by atoms with Gasteiger partial charge in [0.05, 0.1) is 12.3 Å². The Morgan fingerprint density at radius 3 is 2.90 bits per heavy atom. The molecule has 2 aromatic rings. The second kappa shape index (κ2) is 8.38. The molecule has 1 heterocycles. The molecule has 0 aliphatic rings. The summed E-state index contributed by atoms with van der Waals surface area (Å²) in [5.74, 6) is 0. The lowest BCUT2D eigenvalue weighted by Gasteiger charge is -2.02. The number of aromatic nitrogens is 1. The Bertz CT molecular complexity index is 482. The number of nitrogens with one attached hydrogen (secondary N) is 1. The van der Waals surface area contributed by atoms with Gasteiger partial charge in [0.25, 0.3) is 0 Å². The summed E-state index contributed by atoms with van der Waals surface area (Å²) in [6, 6.07) is 10.4. The average Bonchev–Trinajstić information content (AvgIpc) is 2.93. The molecule has 2 rings (SSSR count). The normalized spacial score (nSPS) is 10.7. The minimum atomic E-state index is 0.367. The van der Waals surface area contributed by atoms with Crippen LogP contribution in [0.4, 0.5) is 0 Å². The lowest BCUT2D eigenvalue weighted by atomic mass is 10.1. The van der Waals surface area contributed by atoms with Crippen molar-refractivity contribution in [1.29, 1.82) is 0 Å². The Kier molecular flexibility index (Phi) is 6.11. The van der Waals surface area contributed by atoms with Crippen molar-refractivity contribution < 1.29 is 9.15 Å². The van der Waals surface area contributed by atoms with Crippen molar-refractivity contribution in [1.82, 2.24) is 10.3 Å². The molecule has 0 unspecified atom stereocenters. The third-order valence-corrected chi connectivity index (χ3v) is 2.94. The molecule has 4 nitrogen and oxygen atoms in total. The van der Waals surface area contributed by atoms with E-state index in [-0.39, 0.29) is 0 Å². The molecule has 0 saturated carbocycles. The van der Waals surface area contributed by atoms with Crippen LogP contribution in [0.15, 0.2) is 41.0 Å². The van der Waals surface area contributed by atoms with Crippen LogP contribution in [-0.4, -0.2) is 18.1 Å². The van der Waals surface area contributed by atoms with Gasteiger partial charge in [-0.25, -0.2) is 0 Å². The molecule has 0 aliphatic heterocycles. The van der Waals surface area contributed by atoms with Crippen molar-refractivity contribution >= 4 is 0 Å². The maximum Gasteiger partial charge on any atom is 0.393 e. The maximum atomic E-state index is 5.51. The van der Waals surface area contributed by atoms with Gasteiger partial charge in [0.2, 0.25) is 0 Å². The third kappa shape index (κ3) is 5.05. The van der Waals surface area contributed by atoms with Crippen LogP contribution in [0.5, 0.6) is 6.08 Å². The molecular weight excluding hydrogens is 252 g/mol. The summed E-state index contributed by atoms with van der Waals surface area (Å²) >= 11 is 0. The molecule has 0 spiro atoms. The minimum absolute atomic E-state index is 0.367. The van der Waals surface area contributed by atoms with E-state index in [1.165, 1.54) is 5.56 Å². The first kappa shape index (κ1) is 14.6. The quantitative estimate of drug-likeness (QED) is 0.713. The fourth-order valence-corrected chi connectivity index (χ4v) is 1.91. The molecule has 1 aromatic carbocycles. The number of rotatable bonds is 9. The summed E-state index contributed by atoms with van der Waals surface area (Å²) in [4.78, 5) is 4.28. The van der Waals surface area contributed by atoms with Crippen LogP contribution < -0.4 is 10.1 Å². The summed E-state index contributed by atoms with van der Waals surface area (Å²) in [5, 5.41) is 3.28. The lowest BCUT2D eigenvalue weighted by molar-refractivity contribution is 0.227. The first-order chi connectivity index (χ1) is 9.88. The van der Waals surface area contributed by atoms with E-state index in [1.807, 2.05) is 6.07 Å². The number of oxazole rings is 1. The number of hydrogen-bond donors (Lipinski definition) is 1. The van der Waals surface area contributed by atoms with Gasteiger partial charge in [-0.3, -0.25) is 0 Å². The summed E-state index contributed by atoms with van der Waals surface area (Å²) in [7, 11) is 0. The first-order valence-electron chi connectivity index (χ1n) is 7.20. The first-order valence-corrected chi connectivity index (χ1v) is 7.20. The number of nitrogens with zero attached hydrogens (tertiary/aromatic N) is 1. The molecule has 0 bridgehead atoms. The molecule has 0 radical (unpaired) electrons. The van der Waals surface area contributed by atoms with E-state index in [4.69, 9.17) is 9.15 Å². The zero-order chi connectivity index (χ0) is 14.0. The summed E-state index contributed by atoms with van der Waals surface area (Å²) in [6.45, 7) is 4.47. The molecule has 4 heteroatoms. The van der Waals surface area contributed by atoms with Crippen LogP contribution in [0.25, 0.3) is 0 Å². The van der Waals surface area contributed by atoms with Gasteiger partial charge in [-0.1, -0.05) is 37.3 Å². The highest BCUT2D eigenvalue weighted by Gasteiger charge is 2.04. The van der Waals surface area contributed by atoms with Crippen LogP contribution in [0.2, 0.25) is 0 Å². The number of aryl methyl sites for hydroxylation is 1. The Hall–Kier alpha value is -1.81. The van der Waals surface area contributed by atoms with Crippen LogP contribution in [-0.2, 0) is 13.0 Å². The number of hydrogen-bond acceptors (Lipinski definition) is 4. The lowest BCUT2D eigenvalue weighted by Crippen LogP contribution is -2.13. The number of benzene rings is 1. The molecule has 1 aromatic heterocycles. The van der Waals surface area contributed by atoms with Gasteiger partial charge in [0, 0.05) is 6.54 Å². The predicted molar refractivity (Wildman–Crippen MR) is 78.8 cm³/mol. The van der Waals surface area contributed by atoms with Gasteiger partial charge >= 0.3 is 6.08 Å². The van der Waals surface area contributed by atoms with Gasteiger partial charge in [0.15, 0.2) is 0 Å². The van der Waals surface area contributed by atoms with Crippen molar-refractivity contribution in [2.24, 2.45) is 0 Å². The zero-order valence-corrected chi connectivity index (χ0v) is 12.0. The SMILES string of the molecule is CCCNCc1coc(OCCCc2ccccc2)n1. The van der Waals surface area contributed by atoms with Crippen LogP contribution in [0.3, 0.4) is 0 Å². The topological polar surface area (TPSA) is 47.3 Å². The Balaban J connectivity index is 1.64. The molecule has 0 aliphatic carbocycles. The van der Waals surface area contributed by atoms with Gasteiger partial charge in [-0.05, 0) is 31.4 Å². The van der Waals surface area contributed by atoms with Crippen LogP contribution in [0, 0.1) is 0 Å². The Morgan fingerprint density at radius 2 is 2.10 bits per heavy atom. The van der Waals surface area contributed by atoms with E-state index >= 15 is 0 Å². The van der Waals surface area contributed by atoms with E-state index in [1.54, 1.807) is 6.26 Å². The molecule has 20 heavy (non-hydrogen) atoms. The average molecular weight is 274 g/mol. The molecule has 0 fully saturated rings. The minimum Gasteiger partial charge on any atom is -0.450 e. The summed E-state index contributed by atoms with van der Waals surface area (Å²) in [6.07, 6.45) is 5.09. The van der Waals surface area contributed by atoms with E-state index in [2.05, 4.69) is 41.5 Å². The Morgan fingerprint density at radius 1 is 1.25 bits per heavy atom. The van der Waals surface area contributed by atoms with E-state index in [9.17, 15) is 0 Å². The highest BCUT2D eigenvalue weighted by atomic mass is 16.6. The molecule has 108 valence electrons. The smallest absolute Gasteiger partial charge is 0.393 e.